The van der Waals surface area contributed by atoms with Crippen LogP contribution in [0.1, 0.15) is 26.2 Å². The molecule has 2 aliphatic heterocycles. The van der Waals surface area contributed by atoms with Crippen LogP contribution in [0.25, 0.3) is 0 Å². The molecule has 2 rings (SSSR count). The topological polar surface area (TPSA) is 130 Å². The molecule has 0 unspecified atom stereocenters. The predicted octanol–water partition coefficient (Wildman–Crippen LogP) is -0.343. The van der Waals surface area contributed by atoms with Crippen molar-refractivity contribution in [3.63, 3.8) is 0 Å². The van der Waals surface area contributed by atoms with Gasteiger partial charge in [0.25, 0.3) is 5.91 Å². The van der Waals surface area contributed by atoms with E-state index in [9.17, 15) is 29.1 Å². The molecule has 2 atom stereocenters. The minimum Gasteiger partial charge on any atom is -0.477 e. The number of aldehydes is 1. The third-order valence-electron chi connectivity index (χ3n) is 3.74. The van der Waals surface area contributed by atoms with Gasteiger partial charge in [-0.2, -0.15) is 0 Å². The molecule has 2 heterocycles. The minimum atomic E-state index is -1.28. The number of carbonyl (C=O) groups excluding carboxylic acids is 4. The van der Waals surface area contributed by atoms with Gasteiger partial charge in [-0.3, -0.25) is 19.3 Å². The normalized spacial score (nSPS) is 22.0. The number of ether oxygens (including phenoxy) is 1. The number of carboxylic acids is 1. The largest absolute Gasteiger partial charge is 0.477 e. The summed E-state index contributed by atoms with van der Waals surface area (Å²) in [6, 6.07) is -0.793. The van der Waals surface area contributed by atoms with Gasteiger partial charge in [0.1, 0.15) is 30.0 Å². The first kappa shape index (κ1) is 19.0. The number of aliphatic carboxylic acids is 1. The van der Waals surface area contributed by atoms with E-state index in [1.54, 1.807) is 0 Å². The second-order valence-corrected chi connectivity index (χ2v) is 6.66. The van der Waals surface area contributed by atoms with Gasteiger partial charge in [-0.1, -0.05) is 0 Å². The van der Waals surface area contributed by atoms with Crippen LogP contribution in [0, 0.1) is 0 Å². The van der Waals surface area contributed by atoms with Crippen LogP contribution in [0.2, 0.25) is 0 Å². The van der Waals surface area contributed by atoms with E-state index in [0.717, 1.165) is 11.2 Å². The number of carbonyl (C=O) groups is 5. The summed E-state index contributed by atoms with van der Waals surface area (Å²) >= 11 is 1.30. The molecule has 0 bridgehead atoms. The van der Waals surface area contributed by atoms with Crippen LogP contribution in [-0.2, 0) is 28.7 Å². The molecule has 0 radical (unpaired) electrons. The number of esters is 1. The maximum Gasteiger partial charge on any atom is 0.352 e. The molecule has 1 fully saturated rings. The molecule has 0 saturated carbocycles. The Morgan fingerprint density at radius 2 is 2.16 bits per heavy atom. The van der Waals surface area contributed by atoms with Crippen molar-refractivity contribution in [2.24, 2.45) is 0 Å². The highest BCUT2D eigenvalue weighted by molar-refractivity contribution is 8.00. The van der Waals surface area contributed by atoms with E-state index < -0.39 is 29.3 Å². The Bertz CT molecular complexity index is 646. The number of fused-ring (bicyclic) bond motifs is 1. The molecular weight excluding hydrogens is 352 g/mol. The van der Waals surface area contributed by atoms with Gasteiger partial charge < -0.3 is 20.0 Å². The molecule has 0 aromatic carbocycles. The Morgan fingerprint density at radius 3 is 2.76 bits per heavy atom. The lowest BCUT2D eigenvalue weighted by Crippen LogP contribution is -2.70. The fourth-order valence-corrected chi connectivity index (χ4v) is 3.90. The third kappa shape index (κ3) is 4.19. The van der Waals surface area contributed by atoms with Crippen molar-refractivity contribution < 1.29 is 33.8 Å². The fourth-order valence-electron chi connectivity index (χ4n) is 2.57. The van der Waals surface area contributed by atoms with Crippen molar-refractivity contribution in [2.75, 3.05) is 12.4 Å². The molecule has 9 nitrogen and oxygen atoms in total. The van der Waals surface area contributed by atoms with Gasteiger partial charge in [0.2, 0.25) is 5.91 Å². The summed E-state index contributed by atoms with van der Waals surface area (Å²) in [6.07, 6.45) is 1.50. The second-order valence-electron chi connectivity index (χ2n) is 5.55. The van der Waals surface area contributed by atoms with Crippen LogP contribution in [-0.4, -0.2) is 63.8 Å². The Hall–Kier alpha value is -2.36. The van der Waals surface area contributed by atoms with E-state index in [0.29, 0.717) is 12.0 Å². The standard InChI is InChI=1S/C15H18N2O7S/c1-8(19)24-6-9-7-25-14-11(16-10(20)4-2-3-5-18)13(21)17(14)12(9)15(22)23/h5,11,14H,2-4,6-7H2,1H3,(H,16,20)(H,22,23)/t11-,14-/m1/s1. The Kier molecular flexibility index (Phi) is 6.18. The zero-order valence-corrected chi connectivity index (χ0v) is 14.3. The molecule has 0 aliphatic carbocycles. The fraction of sp³-hybridized carbons (Fsp3) is 0.533. The lowest BCUT2D eigenvalue weighted by molar-refractivity contribution is -0.151. The highest BCUT2D eigenvalue weighted by Crippen LogP contribution is 2.40. The van der Waals surface area contributed by atoms with Gasteiger partial charge in [-0.25, -0.2) is 4.79 Å². The molecule has 1 saturated heterocycles. The van der Waals surface area contributed by atoms with Crippen molar-refractivity contribution in [3.05, 3.63) is 11.3 Å². The van der Waals surface area contributed by atoms with Gasteiger partial charge in [0.05, 0.1) is 0 Å². The Balaban J connectivity index is 2.05. The third-order valence-corrected chi connectivity index (χ3v) is 5.08. The molecular formula is C15H18N2O7S. The number of β-lactam (4-membered cyclic amide) rings is 1. The summed E-state index contributed by atoms with van der Waals surface area (Å²) in [6.45, 7) is 1.02. The van der Waals surface area contributed by atoms with Gasteiger partial charge in [-0.15, -0.1) is 11.8 Å². The average molecular weight is 370 g/mol. The van der Waals surface area contributed by atoms with E-state index in [2.05, 4.69) is 5.32 Å². The Morgan fingerprint density at radius 1 is 1.44 bits per heavy atom. The van der Waals surface area contributed by atoms with Crippen LogP contribution in [0.4, 0.5) is 0 Å². The molecule has 0 aromatic heterocycles. The molecule has 10 heteroatoms. The number of hydrogen-bond acceptors (Lipinski definition) is 7. The van der Waals surface area contributed by atoms with E-state index in [4.69, 9.17) is 4.74 Å². The quantitative estimate of drug-likeness (QED) is 0.257. The maximum absolute atomic E-state index is 12.3. The van der Waals surface area contributed by atoms with E-state index in [-0.39, 0.29) is 36.8 Å². The lowest BCUT2D eigenvalue weighted by atomic mass is 10.0. The summed E-state index contributed by atoms with van der Waals surface area (Å²) in [5.74, 6) is -2.41. The zero-order valence-electron chi connectivity index (χ0n) is 13.5. The van der Waals surface area contributed by atoms with Crippen LogP contribution < -0.4 is 5.32 Å². The van der Waals surface area contributed by atoms with Crippen molar-refractivity contribution in [1.29, 1.82) is 0 Å². The number of nitrogens with zero attached hydrogens (tertiary/aromatic N) is 1. The van der Waals surface area contributed by atoms with Gasteiger partial charge >= 0.3 is 11.9 Å². The summed E-state index contributed by atoms with van der Waals surface area (Å²) in [5, 5.41) is 11.5. The molecule has 0 spiro atoms. The lowest BCUT2D eigenvalue weighted by Gasteiger charge is -2.49. The number of carboxylic acid groups (broad SMARTS) is 1. The highest BCUT2D eigenvalue weighted by atomic mass is 32.2. The first-order valence-corrected chi connectivity index (χ1v) is 8.68. The Labute approximate surface area is 147 Å². The van der Waals surface area contributed by atoms with Crippen molar-refractivity contribution in [2.45, 2.75) is 37.6 Å². The van der Waals surface area contributed by atoms with Gasteiger partial charge in [0, 0.05) is 31.1 Å². The van der Waals surface area contributed by atoms with Crippen LogP contribution in [0.15, 0.2) is 11.3 Å². The number of amides is 2. The summed E-state index contributed by atoms with van der Waals surface area (Å²) in [7, 11) is 0. The van der Waals surface area contributed by atoms with E-state index >= 15 is 0 Å². The first-order valence-electron chi connectivity index (χ1n) is 7.63. The smallest absolute Gasteiger partial charge is 0.352 e. The molecule has 2 aliphatic rings. The average Bonchev–Trinajstić information content (AvgIpc) is 2.56. The molecule has 25 heavy (non-hydrogen) atoms. The molecule has 2 amide bonds. The minimum absolute atomic E-state index is 0.124. The molecule has 0 aromatic rings. The SMILES string of the molecule is CC(=O)OCC1=C(C(=O)O)N2C(=O)[C@@H](NC(=O)CCCC=O)[C@H]2SC1. The predicted molar refractivity (Wildman–Crippen MR) is 86.2 cm³/mol. The molecule has 136 valence electrons. The van der Waals surface area contributed by atoms with Crippen molar-refractivity contribution in [3.8, 4) is 0 Å². The van der Waals surface area contributed by atoms with Crippen LogP contribution >= 0.6 is 11.8 Å². The summed E-state index contributed by atoms with van der Waals surface area (Å²) < 4.78 is 4.84. The van der Waals surface area contributed by atoms with Crippen molar-refractivity contribution in [1.82, 2.24) is 10.2 Å². The monoisotopic (exact) mass is 370 g/mol. The van der Waals surface area contributed by atoms with E-state index in [1.807, 2.05) is 0 Å². The first-order chi connectivity index (χ1) is 11.9. The second kappa shape index (κ2) is 8.15. The zero-order chi connectivity index (χ0) is 18.6. The van der Waals surface area contributed by atoms with Gasteiger partial charge in [-0.05, 0) is 6.42 Å². The van der Waals surface area contributed by atoms with Gasteiger partial charge in [0.15, 0.2) is 0 Å². The highest BCUT2D eigenvalue weighted by Gasteiger charge is 2.54. The van der Waals surface area contributed by atoms with E-state index in [1.165, 1.54) is 18.7 Å². The number of nitrogens with one attached hydrogen (secondary N) is 1. The number of hydrogen-bond donors (Lipinski definition) is 2. The summed E-state index contributed by atoms with van der Waals surface area (Å²) in [5.41, 5.74) is 0.148. The number of unbranched alkanes of at least 4 members (excludes halogenated alkanes) is 1. The van der Waals surface area contributed by atoms with Crippen molar-refractivity contribution >= 4 is 41.8 Å². The molecule has 2 N–H and O–H groups in total. The summed E-state index contributed by atoms with van der Waals surface area (Å²) in [4.78, 5) is 57.9. The van der Waals surface area contributed by atoms with Crippen LogP contribution in [0.5, 0.6) is 0 Å². The van der Waals surface area contributed by atoms with Crippen LogP contribution in [0.3, 0.4) is 0 Å². The maximum atomic E-state index is 12.3. The number of thioether (sulfide) groups is 1. The number of rotatable bonds is 8.